The molecule has 0 saturated carbocycles. The molecule has 28 heavy (non-hydrogen) atoms. The van der Waals surface area contributed by atoms with Crippen LogP contribution in [0.5, 0.6) is 0 Å². The first kappa shape index (κ1) is 19.9. The lowest BCUT2D eigenvalue weighted by Crippen LogP contribution is -2.52. The SMILES string of the molecule is Cc1ccnc(Nc2ccc(N3CCN(C(=O)NCCN(C)C)CC3)cc2)n1. The van der Waals surface area contributed by atoms with Gasteiger partial charge in [0.05, 0.1) is 0 Å². The first-order chi connectivity index (χ1) is 13.5. The minimum Gasteiger partial charge on any atom is -0.368 e. The summed E-state index contributed by atoms with van der Waals surface area (Å²) in [6.07, 6.45) is 1.75. The molecule has 0 atom stereocenters. The predicted octanol–water partition coefficient (Wildman–Crippen LogP) is 1.92. The third-order valence-electron chi connectivity index (χ3n) is 4.69. The lowest BCUT2D eigenvalue weighted by molar-refractivity contribution is 0.193. The van der Waals surface area contributed by atoms with Crippen LogP contribution < -0.4 is 15.5 Å². The molecular weight excluding hydrogens is 354 g/mol. The molecule has 1 aliphatic heterocycles. The average molecular weight is 384 g/mol. The largest absolute Gasteiger partial charge is 0.368 e. The highest BCUT2D eigenvalue weighted by molar-refractivity contribution is 5.74. The van der Waals surface area contributed by atoms with Crippen LogP contribution in [0, 0.1) is 6.92 Å². The van der Waals surface area contributed by atoms with E-state index in [1.54, 1.807) is 6.20 Å². The number of amides is 2. The van der Waals surface area contributed by atoms with E-state index < -0.39 is 0 Å². The lowest BCUT2D eigenvalue weighted by atomic mass is 10.2. The Labute approximate surface area is 166 Å². The summed E-state index contributed by atoms with van der Waals surface area (Å²) in [5.41, 5.74) is 3.04. The van der Waals surface area contributed by atoms with Gasteiger partial charge in [0.1, 0.15) is 0 Å². The van der Waals surface area contributed by atoms with E-state index in [-0.39, 0.29) is 6.03 Å². The molecular formula is C20H29N7O. The maximum absolute atomic E-state index is 12.2. The zero-order valence-corrected chi connectivity index (χ0v) is 16.9. The van der Waals surface area contributed by atoms with Gasteiger partial charge >= 0.3 is 6.03 Å². The molecule has 0 bridgehead atoms. The Bertz CT molecular complexity index is 770. The second-order valence-corrected chi connectivity index (χ2v) is 7.20. The fraction of sp³-hybridized carbons (Fsp3) is 0.450. The number of aromatic nitrogens is 2. The predicted molar refractivity (Wildman–Crippen MR) is 112 cm³/mol. The van der Waals surface area contributed by atoms with Crippen molar-refractivity contribution in [3.8, 4) is 0 Å². The van der Waals surface area contributed by atoms with E-state index in [2.05, 4.69) is 42.5 Å². The molecule has 2 N–H and O–H groups in total. The van der Waals surface area contributed by atoms with Gasteiger partial charge in [0.2, 0.25) is 5.95 Å². The van der Waals surface area contributed by atoms with Crippen LogP contribution in [-0.4, -0.2) is 79.2 Å². The second-order valence-electron chi connectivity index (χ2n) is 7.20. The topological polar surface area (TPSA) is 76.6 Å². The van der Waals surface area contributed by atoms with E-state index in [1.807, 2.05) is 44.1 Å². The number of urea groups is 1. The van der Waals surface area contributed by atoms with Crippen molar-refractivity contribution in [2.45, 2.75) is 6.92 Å². The van der Waals surface area contributed by atoms with E-state index in [0.29, 0.717) is 12.5 Å². The van der Waals surface area contributed by atoms with Gasteiger partial charge in [-0.1, -0.05) is 0 Å². The number of carbonyl (C=O) groups excluding carboxylic acids is 1. The third-order valence-corrected chi connectivity index (χ3v) is 4.69. The summed E-state index contributed by atoms with van der Waals surface area (Å²) in [7, 11) is 4.00. The molecule has 2 aromatic rings. The molecule has 150 valence electrons. The average Bonchev–Trinajstić information content (AvgIpc) is 2.68. The molecule has 3 rings (SSSR count). The first-order valence-corrected chi connectivity index (χ1v) is 9.60. The van der Waals surface area contributed by atoms with Crippen LogP contribution in [0.1, 0.15) is 5.69 Å². The third kappa shape index (κ3) is 5.56. The van der Waals surface area contributed by atoms with Crippen LogP contribution in [0.2, 0.25) is 0 Å². The Morgan fingerprint density at radius 1 is 1.11 bits per heavy atom. The zero-order chi connectivity index (χ0) is 19.9. The van der Waals surface area contributed by atoms with Crippen LogP contribution in [0.15, 0.2) is 36.5 Å². The molecule has 1 saturated heterocycles. The number of aryl methyl sites for hydroxylation is 1. The van der Waals surface area contributed by atoms with Gasteiger partial charge in [0, 0.05) is 62.5 Å². The number of anilines is 3. The van der Waals surface area contributed by atoms with Crippen molar-refractivity contribution in [3.63, 3.8) is 0 Å². The number of benzene rings is 1. The number of piperazine rings is 1. The van der Waals surface area contributed by atoms with Gasteiger partial charge < -0.3 is 25.3 Å². The standard InChI is InChI=1S/C20H29N7O/c1-16-8-9-21-19(23-16)24-17-4-6-18(7-5-17)26-12-14-27(15-13-26)20(28)22-10-11-25(2)3/h4-9H,10-15H2,1-3H3,(H,22,28)(H,21,23,24). The quantitative estimate of drug-likeness (QED) is 0.794. The number of carbonyl (C=O) groups is 1. The number of rotatable bonds is 6. The summed E-state index contributed by atoms with van der Waals surface area (Å²) in [5, 5.41) is 6.20. The maximum Gasteiger partial charge on any atom is 0.317 e. The van der Waals surface area contributed by atoms with Crippen LogP contribution in [0.3, 0.4) is 0 Å². The zero-order valence-electron chi connectivity index (χ0n) is 16.9. The Morgan fingerprint density at radius 3 is 2.46 bits per heavy atom. The first-order valence-electron chi connectivity index (χ1n) is 9.60. The molecule has 2 heterocycles. The molecule has 1 fully saturated rings. The van der Waals surface area contributed by atoms with Gasteiger partial charge in [0.15, 0.2) is 0 Å². The number of nitrogens with zero attached hydrogens (tertiary/aromatic N) is 5. The van der Waals surface area contributed by atoms with E-state index >= 15 is 0 Å². The summed E-state index contributed by atoms with van der Waals surface area (Å²) in [5.74, 6) is 0.599. The summed E-state index contributed by atoms with van der Waals surface area (Å²) >= 11 is 0. The maximum atomic E-state index is 12.2. The molecule has 0 unspecified atom stereocenters. The molecule has 1 aromatic heterocycles. The van der Waals surface area contributed by atoms with Gasteiger partial charge in [-0.25, -0.2) is 14.8 Å². The van der Waals surface area contributed by atoms with E-state index in [4.69, 9.17) is 0 Å². The van der Waals surface area contributed by atoms with Crippen LogP contribution in [0.25, 0.3) is 0 Å². The summed E-state index contributed by atoms with van der Waals surface area (Å²) in [4.78, 5) is 27.0. The smallest absolute Gasteiger partial charge is 0.317 e. The molecule has 1 aliphatic rings. The normalized spacial score (nSPS) is 14.3. The van der Waals surface area contributed by atoms with Crippen molar-refractivity contribution in [1.82, 2.24) is 25.1 Å². The van der Waals surface area contributed by atoms with Crippen molar-refractivity contribution >= 4 is 23.4 Å². The summed E-state index contributed by atoms with van der Waals surface area (Å²) in [6, 6.07) is 10.1. The highest BCUT2D eigenvalue weighted by atomic mass is 16.2. The summed E-state index contributed by atoms with van der Waals surface area (Å²) in [6.45, 7) is 6.57. The minimum absolute atomic E-state index is 0.0270. The van der Waals surface area contributed by atoms with Crippen LogP contribution in [-0.2, 0) is 0 Å². The Kier molecular flexibility index (Phi) is 6.65. The number of hydrogen-bond donors (Lipinski definition) is 2. The van der Waals surface area contributed by atoms with E-state index in [1.165, 1.54) is 0 Å². The Hall–Kier alpha value is -2.87. The minimum atomic E-state index is 0.0270. The molecule has 8 heteroatoms. The monoisotopic (exact) mass is 383 g/mol. The van der Waals surface area contributed by atoms with Crippen molar-refractivity contribution in [2.75, 3.05) is 63.6 Å². The molecule has 2 amide bonds. The second kappa shape index (κ2) is 9.36. The molecule has 0 aliphatic carbocycles. The fourth-order valence-corrected chi connectivity index (χ4v) is 3.06. The van der Waals surface area contributed by atoms with Crippen molar-refractivity contribution in [1.29, 1.82) is 0 Å². The highest BCUT2D eigenvalue weighted by Crippen LogP contribution is 2.21. The van der Waals surface area contributed by atoms with Gasteiger partial charge in [-0.05, 0) is 51.4 Å². The number of likely N-dealkylation sites (N-methyl/N-ethyl adjacent to an activating group) is 1. The molecule has 8 nitrogen and oxygen atoms in total. The fourth-order valence-electron chi connectivity index (χ4n) is 3.06. The number of hydrogen-bond acceptors (Lipinski definition) is 6. The Morgan fingerprint density at radius 2 is 1.82 bits per heavy atom. The Balaban J connectivity index is 1.48. The molecule has 1 aromatic carbocycles. The van der Waals surface area contributed by atoms with Crippen LogP contribution in [0.4, 0.5) is 22.1 Å². The summed E-state index contributed by atoms with van der Waals surface area (Å²) < 4.78 is 0. The van der Waals surface area contributed by atoms with Gasteiger partial charge in [-0.3, -0.25) is 0 Å². The van der Waals surface area contributed by atoms with Gasteiger partial charge in [-0.15, -0.1) is 0 Å². The van der Waals surface area contributed by atoms with E-state index in [0.717, 1.165) is 49.8 Å². The number of nitrogens with one attached hydrogen (secondary N) is 2. The van der Waals surface area contributed by atoms with Crippen LogP contribution >= 0.6 is 0 Å². The van der Waals surface area contributed by atoms with E-state index in [9.17, 15) is 4.79 Å². The van der Waals surface area contributed by atoms with Gasteiger partial charge in [0.25, 0.3) is 0 Å². The van der Waals surface area contributed by atoms with Crippen molar-refractivity contribution in [3.05, 3.63) is 42.2 Å². The van der Waals surface area contributed by atoms with Gasteiger partial charge in [-0.2, -0.15) is 0 Å². The lowest BCUT2D eigenvalue weighted by Gasteiger charge is -2.36. The molecule has 0 spiro atoms. The highest BCUT2D eigenvalue weighted by Gasteiger charge is 2.21. The van der Waals surface area contributed by atoms with Crippen molar-refractivity contribution < 1.29 is 4.79 Å². The van der Waals surface area contributed by atoms with Crippen molar-refractivity contribution in [2.24, 2.45) is 0 Å². The molecule has 0 radical (unpaired) electrons.